The van der Waals surface area contributed by atoms with Crippen LogP contribution in [0.25, 0.3) is 0 Å². The van der Waals surface area contributed by atoms with E-state index in [1.165, 1.54) is 6.42 Å². The number of aryl methyl sites for hydroxylation is 1. The molecular formula is C16H29N5O2. The molecule has 0 radical (unpaired) electrons. The molecule has 1 unspecified atom stereocenters. The van der Waals surface area contributed by atoms with Crippen molar-refractivity contribution >= 4 is 5.95 Å². The van der Waals surface area contributed by atoms with E-state index in [9.17, 15) is 10.2 Å². The average molecular weight is 323 g/mol. The molecule has 7 heteroatoms. The average Bonchev–Trinajstić information content (AvgIpc) is 2.94. The Morgan fingerprint density at radius 3 is 2.48 bits per heavy atom. The Balaban J connectivity index is 1.43. The molecule has 2 aliphatic rings. The largest absolute Gasteiger partial charge is 0.392 e. The fourth-order valence-electron chi connectivity index (χ4n) is 3.82. The van der Waals surface area contributed by atoms with Crippen LogP contribution in [0.15, 0.2) is 0 Å². The minimum atomic E-state index is -0.643. The Bertz CT molecular complexity index is 492. The number of rotatable bonds is 5. The minimum absolute atomic E-state index is 0.449. The first kappa shape index (κ1) is 16.7. The molecule has 23 heavy (non-hydrogen) atoms. The molecule has 0 aromatic carbocycles. The van der Waals surface area contributed by atoms with Gasteiger partial charge in [0, 0.05) is 39.1 Å². The van der Waals surface area contributed by atoms with E-state index in [1.54, 1.807) is 0 Å². The van der Waals surface area contributed by atoms with E-state index in [0.717, 1.165) is 63.6 Å². The molecule has 0 amide bonds. The van der Waals surface area contributed by atoms with Gasteiger partial charge in [-0.3, -0.25) is 10.00 Å². The second kappa shape index (κ2) is 7.15. The summed E-state index contributed by atoms with van der Waals surface area (Å²) in [6.07, 6.45) is 5.10. The first-order valence-corrected chi connectivity index (χ1v) is 8.81. The predicted octanol–water partition coefficient (Wildman–Crippen LogP) is 0.681. The van der Waals surface area contributed by atoms with Crippen molar-refractivity contribution in [2.45, 2.75) is 57.2 Å². The van der Waals surface area contributed by atoms with Gasteiger partial charge in [-0.15, -0.1) is 5.10 Å². The monoisotopic (exact) mass is 323 g/mol. The smallest absolute Gasteiger partial charge is 0.244 e. The number of aliphatic hydroxyl groups is 2. The molecule has 1 atom stereocenters. The van der Waals surface area contributed by atoms with E-state index in [1.807, 2.05) is 6.92 Å². The lowest BCUT2D eigenvalue weighted by atomic mass is 9.81. The van der Waals surface area contributed by atoms with Gasteiger partial charge in [0.1, 0.15) is 5.82 Å². The molecule has 1 saturated heterocycles. The normalized spacial score (nSPS) is 23.9. The van der Waals surface area contributed by atoms with E-state index in [4.69, 9.17) is 0 Å². The molecular weight excluding hydrogens is 294 g/mol. The van der Waals surface area contributed by atoms with Crippen molar-refractivity contribution in [3.63, 3.8) is 0 Å². The lowest BCUT2D eigenvalue weighted by Crippen LogP contribution is -2.50. The topological polar surface area (TPSA) is 88.5 Å². The van der Waals surface area contributed by atoms with Crippen molar-refractivity contribution in [2.24, 2.45) is 0 Å². The summed E-state index contributed by atoms with van der Waals surface area (Å²) in [5.41, 5.74) is -0.643. The number of H-pyrrole nitrogens is 1. The van der Waals surface area contributed by atoms with Crippen molar-refractivity contribution in [3.8, 4) is 0 Å². The molecule has 2 heterocycles. The molecule has 130 valence electrons. The highest BCUT2D eigenvalue weighted by atomic mass is 16.3. The SMILES string of the molecule is Cc1nc(N2CCN(CC(O)CC3(O)CCCCC3)CC2)n[nH]1. The highest BCUT2D eigenvalue weighted by Gasteiger charge is 2.32. The van der Waals surface area contributed by atoms with Gasteiger partial charge in [0.2, 0.25) is 5.95 Å². The third kappa shape index (κ3) is 4.43. The summed E-state index contributed by atoms with van der Waals surface area (Å²) in [6.45, 7) is 6.07. The number of piperazine rings is 1. The van der Waals surface area contributed by atoms with Gasteiger partial charge in [-0.25, -0.2) is 0 Å². The van der Waals surface area contributed by atoms with E-state index >= 15 is 0 Å². The molecule has 2 fully saturated rings. The van der Waals surface area contributed by atoms with Crippen LogP contribution in [-0.2, 0) is 0 Å². The summed E-state index contributed by atoms with van der Waals surface area (Å²) in [5.74, 6) is 1.60. The fraction of sp³-hybridized carbons (Fsp3) is 0.875. The number of aromatic nitrogens is 3. The molecule has 3 rings (SSSR count). The molecule has 1 saturated carbocycles. The van der Waals surface area contributed by atoms with Gasteiger partial charge in [-0.05, 0) is 19.8 Å². The van der Waals surface area contributed by atoms with Crippen molar-refractivity contribution in [1.29, 1.82) is 0 Å². The number of nitrogens with zero attached hydrogens (tertiary/aromatic N) is 4. The zero-order chi connectivity index (χ0) is 16.3. The summed E-state index contributed by atoms with van der Waals surface area (Å²) in [5, 5.41) is 28.0. The van der Waals surface area contributed by atoms with Gasteiger partial charge in [0.15, 0.2) is 0 Å². The Hall–Kier alpha value is -1.18. The quantitative estimate of drug-likeness (QED) is 0.738. The van der Waals surface area contributed by atoms with Gasteiger partial charge >= 0.3 is 0 Å². The molecule has 1 aliphatic heterocycles. The zero-order valence-electron chi connectivity index (χ0n) is 14.0. The van der Waals surface area contributed by atoms with Crippen LogP contribution in [0.4, 0.5) is 5.95 Å². The van der Waals surface area contributed by atoms with Gasteiger partial charge < -0.3 is 15.1 Å². The number of hydrogen-bond acceptors (Lipinski definition) is 6. The second-order valence-electron chi connectivity index (χ2n) is 7.15. The van der Waals surface area contributed by atoms with Crippen LogP contribution in [0, 0.1) is 6.92 Å². The number of aromatic amines is 1. The van der Waals surface area contributed by atoms with Crippen LogP contribution in [0.5, 0.6) is 0 Å². The first-order valence-electron chi connectivity index (χ1n) is 8.81. The fourth-order valence-corrected chi connectivity index (χ4v) is 3.82. The molecule has 1 aliphatic carbocycles. The van der Waals surface area contributed by atoms with Crippen molar-refractivity contribution in [3.05, 3.63) is 5.82 Å². The third-order valence-corrected chi connectivity index (χ3v) is 5.11. The van der Waals surface area contributed by atoms with Gasteiger partial charge in [0.25, 0.3) is 0 Å². The summed E-state index contributed by atoms with van der Waals surface area (Å²) in [4.78, 5) is 8.80. The molecule has 1 aromatic rings. The zero-order valence-corrected chi connectivity index (χ0v) is 14.0. The lowest BCUT2D eigenvalue weighted by Gasteiger charge is -2.37. The first-order chi connectivity index (χ1) is 11.0. The molecule has 3 N–H and O–H groups in total. The number of hydrogen-bond donors (Lipinski definition) is 3. The second-order valence-corrected chi connectivity index (χ2v) is 7.15. The standard InChI is InChI=1S/C16H29N5O2/c1-13-17-15(19-18-13)21-9-7-20(8-10-21)12-14(22)11-16(23)5-3-2-4-6-16/h14,22-23H,2-12H2,1H3,(H,17,18,19). The highest BCUT2D eigenvalue weighted by Crippen LogP contribution is 2.32. The van der Waals surface area contributed by atoms with Crippen LogP contribution in [0.2, 0.25) is 0 Å². The van der Waals surface area contributed by atoms with Gasteiger partial charge in [-0.2, -0.15) is 4.98 Å². The number of β-amino-alcohol motifs (C(OH)–C–C–N with tert-alkyl or cyclic N) is 1. The van der Waals surface area contributed by atoms with Crippen molar-refractivity contribution < 1.29 is 10.2 Å². The number of anilines is 1. The van der Waals surface area contributed by atoms with Crippen molar-refractivity contribution in [1.82, 2.24) is 20.1 Å². The third-order valence-electron chi connectivity index (χ3n) is 5.11. The van der Waals surface area contributed by atoms with Crippen LogP contribution >= 0.6 is 0 Å². The minimum Gasteiger partial charge on any atom is -0.392 e. The Morgan fingerprint density at radius 2 is 1.87 bits per heavy atom. The Morgan fingerprint density at radius 1 is 1.17 bits per heavy atom. The van der Waals surface area contributed by atoms with Crippen molar-refractivity contribution in [2.75, 3.05) is 37.6 Å². The van der Waals surface area contributed by atoms with Gasteiger partial charge in [-0.1, -0.05) is 19.3 Å². The van der Waals surface area contributed by atoms with Gasteiger partial charge in [0.05, 0.1) is 11.7 Å². The van der Waals surface area contributed by atoms with E-state index < -0.39 is 11.7 Å². The predicted molar refractivity (Wildman–Crippen MR) is 88.4 cm³/mol. The molecule has 0 spiro atoms. The maximum Gasteiger partial charge on any atom is 0.244 e. The maximum atomic E-state index is 10.6. The Kier molecular flexibility index (Phi) is 5.18. The van der Waals surface area contributed by atoms with Crippen LogP contribution in [0.3, 0.4) is 0 Å². The highest BCUT2D eigenvalue weighted by molar-refractivity contribution is 5.29. The summed E-state index contributed by atoms with van der Waals surface area (Å²) in [7, 11) is 0. The van der Waals surface area contributed by atoms with E-state index in [0.29, 0.717) is 13.0 Å². The lowest BCUT2D eigenvalue weighted by molar-refractivity contribution is -0.0442. The number of nitrogens with one attached hydrogen (secondary N) is 1. The van der Waals surface area contributed by atoms with Crippen LogP contribution in [0.1, 0.15) is 44.3 Å². The number of aliphatic hydroxyl groups excluding tert-OH is 1. The molecule has 7 nitrogen and oxygen atoms in total. The summed E-state index contributed by atoms with van der Waals surface area (Å²) >= 11 is 0. The summed E-state index contributed by atoms with van der Waals surface area (Å²) < 4.78 is 0. The Labute approximate surface area is 137 Å². The van der Waals surface area contributed by atoms with E-state index in [2.05, 4.69) is 25.0 Å². The van der Waals surface area contributed by atoms with Crippen LogP contribution < -0.4 is 4.90 Å². The maximum absolute atomic E-state index is 10.6. The van der Waals surface area contributed by atoms with Crippen LogP contribution in [-0.4, -0.2) is 74.7 Å². The van der Waals surface area contributed by atoms with E-state index in [-0.39, 0.29) is 0 Å². The summed E-state index contributed by atoms with van der Waals surface area (Å²) in [6, 6.07) is 0. The molecule has 1 aromatic heterocycles. The molecule has 0 bridgehead atoms.